The van der Waals surface area contributed by atoms with Crippen LogP contribution in [0.1, 0.15) is 34.6 Å². The van der Waals surface area contributed by atoms with Crippen molar-refractivity contribution in [2.45, 2.75) is 46.7 Å². The molecule has 150 valence electrons. The average molecular weight is 401 g/mol. The minimum Gasteiger partial charge on any atom is -0.379 e. The average Bonchev–Trinajstić information content (AvgIpc) is 3.18. The van der Waals surface area contributed by atoms with Crippen LogP contribution in [0.2, 0.25) is 0 Å². The topological polar surface area (TPSA) is 79.0 Å². The third-order valence-corrected chi connectivity index (χ3v) is 6.30. The summed E-state index contributed by atoms with van der Waals surface area (Å²) >= 11 is 1.75. The second-order valence-electron chi connectivity index (χ2n) is 7.63. The largest absolute Gasteiger partial charge is 0.379 e. The van der Waals surface area contributed by atoms with Crippen LogP contribution < -0.4 is 5.32 Å². The summed E-state index contributed by atoms with van der Waals surface area (Å²) in [4.78, 5) is 14.5. The lowest BCUT2D eigenvalue weighted by Gasteiger charge is -2.26. The zero-order valence-electron chi connectivity index (χ0n) is 17.0. The molecule has 7 nitrogen and oxygen atoms in total. The minimum atomic E-state index is 0.219. The molecule has 28 heavy (non-hydrogen) atoms. The molecule has 1 aliphatic rings. The molecule has 0 spiro atoms. The van der Waals surface area contributed by atoms with Crippen molar-refractivity contribution in [1.82, 2.24) is 25.1 Å². The predicted octanol–water partition coefficient (Wildman–Crippen LogP) is 3.21. The van der Waals surface area contributed by atoms with Gasteiger partial charge in [0.25, 0.3) is 0 Å². The Morgan fingerprint density at radius 1 is 1.25 bits per heavy atom. The number of anilines is 1. The second kappa shape index (κ2) is 8.14. The molecule has 3 aromatic rings. The number of H-pyrrole nitrogens is 1. The van der Waals surface area contributed by atoms with E-state index in [4.69, 9.17) is 14.7 Å². The summed E-state index contributed by atoms with van der Waals surface area (Å²) in [6, 6.07) is 2.31. The van der Waals surface area contributed by atoms with E-state index in [-0.39, 0.29) is 6.04 Å². The van der Waals surface area contributed by atoms with Crippen molar-refractivity contribution in [2.24, 2.45) is 0 Å². The van der Waals surface area contributed by atoms with E-state index in [0.717, 1.165) is 72.5 Å². The van der Waals surface area contributed by atoms with Crippen LogP contribution in [-0.4, -0.2) is 57.4 Å². The fourth-order valence-corrected chi connectivity index (χ4v) is 4.65. The molecule has 4 rings (SSSR count). The number of ether oxygens (including phenoxy) is 1. The van der Waals surface area contributed by atoms with Crippen molar-refractivity contribution in [3.63, 3.8) is 0 Å². The highest BCUT2D eigenvalue weighted by atomic mass is 32.1. The zero-order valence-corrected chi connectivity index (χ0v) is 17.8. The number of morpholine rings is 1. The van der Waals surface area contributed by atoms with Crippen molar-refractivity contribution in [3.05, 3.63) is 33.7 Å². The smallest absolute Gasteiger partial charge is 0.146 e. The van der Waals surface area contributed by atoms with E-state index in [1.54, 1.807) is 11.3 Å². The van der Waals surface area contributed by atoms with Crippen molar-refractivity contribution in [1.29, 1.82) is 0 Å². The molecule has 4 heterocycles. The van der Waals surface area contributed by atoms with Crippen molar-refractivity contribution < 1.29 is 4.74 Å². The minimum absolute atomic E-state index is 0.219. The first-order valence-electron chi connectivity index (χ1n) is 9.83. The number of hydrogen-bond acceptors (Lipinski definition) is 7. The number of aromatic nitrogens is 4. The fourth-order valence-electron chi connectivity index (χ4n) is 3.61. The van der Waals surface area contributed by atoms with Gasteiger partial charge >= 0.3 is 0 Å². The van der Waals surface area contributed by atoms with E-state index in [0.29, 0.717) is 0 Å². The quantitative estimate of drug-likeness (QED) is 0.661. The van der Waals surface area contributed by atoms with Crippen LogP contribution in [0.25, 0.3) is 10.2 Å². The molecule has 0 bridgehead atoms. The fraction of sp³-hybridized carbons (Fsp3) is 0.550. The van der Waals surface area contributed by atoms with E-state index < -0.39 is 0 Å². The Labute approximate surface area is 169 Å². The standard InChI is InChI=1S/C20H28N6OS/c1-12(9-16-10-13(2)24-25-16)21-19-18-14(3)15(4)28-20(18)23-17(22-19)11-26-5-7-27-8-6-26/h10,12H,5-9,11H2,1-4H3,(H,24,25)(H,21,22,23). The Balaban J connectivity index is 1.60. The Morgan fingerprint density at radius 3 is 2.75 bits per heavy atom. The normalized spacial score (nSPS) is 16.6. The molecule has 1 unspecified atom stereocenters. The molecule has 0 radical (unpaired) electrons. The predicted molar refractivity (Wildman–Crippen MR) is 113 cm³/mol. The molecule has 3 aromatic heterocycles. The number of nitrogens with one attached hydrogen (secondary N) is 2. The van der Waals surface area contributed by atoms with Gasteiger partial charge in [-0.1, -0.05) is 0 Å². The number of thiophene rings is 1. The Kier molecular flexibility index (Phi) is 5.61. The van der Waals surface area contributed by atoms with Gasteiger partial charge in [-0.2, -0.15) is 5.10 Å². The molecule has 1 atom stereocenters. The van der Waals surface area contributed by atoms with E-state index >= 15 is 0 Å². The van der Waals surface area contributed by atoms with Gasteiger partial charge in [-0.25, -0.2) is 9.97 Å². The van der Waals surface area contributed by atoms with E-state index in [2.05, 4.69) is 47.3 Å². The molecular formula is C20H28N6OS. The monoisotopic (exact) mass is 400 g/mol. The van der Waals surface area contributed by atoms with E-state index in [9.17, 15) is 0 Å². The van der Waals surface area contributed by atoms with Gasteiger partial charge in [-0.3, -0.25) is 10.00 Å². The lowest BCUT2D eigenvalue weighted by Crippen LogP contribution is -2.36. The summed E-state index contributed by atoms with van der Waals surface area (Å²) in [6.07, 6.45) is 0.844. The lowest BCUT2D eigenvalue weighted by atomic mass is 10.1. The number of hydrogen-bond donors (Lipinski definition) is 2. The third-order valence-electron chi connectivity index (χ3n) is 5.20. The Morgan fingerprint density at radius 2 is 2.04 bits per heavy atom. The van der Waals surface area contributed by atoms with E-state index in [1.807, 2.05) is 6.92 Å². The summed E-state index contributed by atoms with van der Waals surface area (Å²) in [6.45, 7) is 12.7. The van der Waals surface area contributed by atoms with Crippen LogP contribution in [0, 0.1) is 20.8 Å². The number of nitrogens with zero attached hydrogens (tertiary/aromatic N) is 4. The highest BCUT2D eigenvalue weighted by molar-refractivity contribution is 7.18. The lowest BCUT2D eigenvalue weighted by molar-refractivity contribution is 0.0331. The van der Waals surface area contributed by atoms with Gasteiger partial charge in [0.05, 0.1) is 30.8 Å². The maximum atomic E-state index is 5.46. The Bertz CT molecular complexity index is 959. The molecule has 1 fully saturated rings. The van der Waals surface area contributed by atoms with Crippen LogP contribution in [0.3, 0.4) is 0 Å². The van der Waals surface area contributed by atoms with Crippen molar-refractivity contribution in [3.8, 4) is 0 Å². The van der Waals surface area contributed by atoms with Gasteiger partial charge in [-0.15, -0.1) is 11.3 Å². The van der Waals surface area contributed by atoms with Crippen LogP contribution in [0.15, 0.2) is 6.07 Å². The van der Waals surface area contributed by atoms with Gasteiger partial charge in [0.2, 0.25) is 0 Å². The molecule has 1 aliphatic heterocycles. The van der Waals surface area contributed by atoms with Gasteiger partial charge in [0.15, 0.2) is 0 Å². The zero-order chi connectivity index (χ0) is 19.7. The second-order valence-corrected chi connectivity index (χ2v) is 8.84. The SMILES string of the molecule is Cc1cc(CC(C)Nc2nc(CN3CCOCC3)nc3sc(C)c(C)c23)n[nH]1. The number of aromatic amines is 1. The molecule has 0 aromatic carbocycles. The number of fused-ring (bicyclic) bond motifs is 1. The number of rotatable bonds is 6. The molecule has 0 aliphatic carbocycles. The van der Waals surface area contributed by atoms with Crippen molar-refractivity contribution >= 4 is 27.4 Å². The summed E-state index contributed by atoms with van der Waals surface area (Å²) < 4.78 is 5.46. The highest BCUT2D eigenvalue weighted by Crippen LogP contribution is 2.33. The summed E-state index contributed by atoms with van der Waals surface area (Å²) in [7, 11) is 0. The molecule has 2 N–H and O–H groups in total. The molecule has 0 saturated carbocycles. The molecular weight excluding hydrogens is 372 g/mol. The first-order chi connectivity index (χ1) is 13.5. The van der Waals surface area contributed by atoms with Crippen LogP contribution in [0.5, 0.6) is 0 Å². The first kappa shape index (κ1) is 19.3. The molecule has 1 saturated heterocycles. The number of aryl methyl sites for hydroxylation is 3. The Hall–Kier alpha value is -2.03. The van der Waals surface area contributed by atoms with Gasteiger partial charge in [-0.05, 0) is 39.3 Å². The maximum Gasteiger partial charge on any atom is 0.146 e. The van der Waals surface area contributed by atoms with E-state index in [1.165, 1.54) is 10.4 Å². The van der Waals surface area contributed by atoms with Crippen LogP contribution in [-0.2, 0) is 17.7 Å². The summed E-state index contributed by atoms with van der Waals surface area (Å²) in [5, 5.41) is 12.2. The maximum absolute atomic E-state index is 5.46. The highest BCUT2D eigenvalue weighted by Gasteiger charge is 2.19. The third kappa shape index (κ3) is 4.19. The molecule has 0 amide bonds. The van der Waals surface area contributed by atoms with Crippen LogP contribution in [0.4, 0.5) is 5.82 Å². The summed E-state index contributed by atoms with van der Waals surface area (Å²) in [5.41, 5.74) is 3.42. The van der Waals surface area contributed by atoms with Gasteiger partial charge in [0, 0.05) is 36.1 Å². The van der Waals surface area contributed by atoms with Gasteiger partial charge < -0.3 is 10.1 Å². The molecule has 8 heteroatoms. The van der Waals surface area contributed by atoms with Crippen LogP contribution >= 0.6 is 11.3 Å². The van der Waals surface area contributed by atoms with Crippen molar-refractivity contribution in [2.75, 3.05) is 31.6 Å². The first-order valence-corrected chi connectivity index (χ1v) is 10.7. The summed E-state index contributed by atoms with van der Waals surface area (Å²) in [5.74, 6) is 1.82. The van der Waals surface area contributed by atoms with Gasteiger partial charge in [0.1, 0.15) is 16.5 Å².